The lowest BCUT2D eigenvalue weighted by Crippen LogP contribution is -2.42. The Labute approximate surface area is 142 Å². The Morgan fingerprint density at radius 3 is 2.39 bits per heavy atom. The molecule has 3 N–H and O–H groups in total. The van der Waals surface area contributed by atoms with Crippen molar-refractivity contribution in [2.45, 2.75) is 12.5 Å². The summed E-state index contributed by atoms with van der Waals surface area (Å²) in [5.74, 6) is -2.40. The van der Waals surface area contributed by atoms with Crippen LogP contribution in [0.5, 0.6) is 5.75 Å². The van der Waals surface area contributed by atoms with Gasteiger partial charge in [-0.15, -0.1) is 0 Å². The molecule has 0 fully saturated rings. The van der Waals surface area contributed by atoms with E-state index in [1.165, 1.54) is 12.1 Å². The zero-order valence-electron chi connectivity index (χ0n) is 11.8. The van der Waals surface area contributed by atoms with Gasteiger partial charge >= 0.3 is 5.97 Å². The van der Waals surface area contributed by atoms with Gasteiger partial charge < -0.3 is 15.5 Å². The van der Waals surface area contributed by atoms with Crippen LogP contribution in [-0.2, 0) is 11.2 Å². The van der Waals surface area contributed by atoms with Crippen LogP contribution in [0, 0.1) is 0 Å². The number of nitrogens with one attached hydrogen (secondary N) is 1. The van der Waals surface area contributed by atoms with Gasteiger partial charge in [0.05, 0.1) is 10.6 Å². The molecule has 1 atom stereocenters. The molecule has 0 spiro atoms. The first-order valence-electron chi connectivity index (χ1n) is 6.64. The predicted octanol–water partition coefficient (Wildman–Crippen LogP) is 3.12. The van der Waals surface area contributed by atoms with Crippen LogP contribution in [0.2, 0.25) is 10.0 Å². The maximum atomic E-state index is 12.2. The van der Waals surface area contributed by atoms with E-state index in [0.29, 0.717) is 0 Å². The minimum Gasteiger partial charge on any atom is -0.506 e. The smallest absolute Gasteiger partial charge is 0.326 e. The summed E-state index contributed by atoms with van der Waals surface area (Å²) < 4.78 is 0. The number of phenolic OH excluding ortho intramolecular Hbond substituents is 1. The number of halogens is 2. The van der Waals surface area contributed by atoms with Gasteiger partial charge in [0.1, 0.15) is 11.8 Å². The maximum absolute atomic E-state index is 12.2. The Morgan fingerprint density at radius 1 is 1.13 bits per heavy atom. The number of amides is 1. The van der Waals surface area contributed by atoms with E-state index in [1.54, 1.807) is 24.3 Å². The minimum atomic E-state index is -1.19. The molecule has 1 unspecified atom stereocenters. The molecular weight excluding hydrogens is 341 g/mol. The van der Waals surface area contributed by atoms with E-state index in [0.717, 1.165) is 5.56 Å². The van der Waals surface area contributed by atoms with Gasteiger partial charge in [-0.1, -0.05) is 53.5 Å². The zero-order valence-corrected chi connectivity index (χ0v) is 13.3. The van der Waals surface area contributed by atoms with Crippen molar-refractivity contribution in [1.29, 1.82) is 0 Å². The highest BCUT2D eigenvalue weighted by Crippen LogP contribution is 2.31. The molecule has 0 saturated heterocycles. The molecule has 5 nitrogen and oxygen atoms in total. The van der Waals surface area contributed by atoms with Crippen molar-refractivity contribution in [3.8, 4) is 5.75 Å². The third-order valence-electron chi connectivity index (χ3n) is 3.16. The first kappa shape index (κ1) is 17.1. The zero-order chi connectivity index (χ0) is 17.0. The molecule has 0 radical (unpaired) electrons. The Balaban J connectivity index is 2.20. The van der Waals surface area contributed by atoms with Gasteiger partial charge in [-0.25, -0.2) is 4.79 Å². The van der Waals surface area contributed by atoms with E-state index >= 15 is 0 Å². The van der Waals surface area contributed by atoms with Crippen molar-refractivity contribution in [3.05, 3.63) is 63.6 Å². The van der Waals surface area contributed by atoms with Crippen molar-refractivity contribution < 1.29 is 19.8 Å². The number of phenols is 1. The van der Waals surface area contributed by atoms with Crippen LogP contribution in [0.3, 0.4) is 0 Å². The van der Waals surface area contributed by atoms with Gasteiger partial charge in [-0.3, -0.25) is 4.79 Å². The molecule has 0 heterocycles. The van der Waals surface area contributed by atoms with Gasteiger partial charge in [0, 0.05) is 11.4 Å². The van der Waals surface area contributed by atoms with E-state index < -0.39 is 23.7 Å². The second-order valence-corrected chi connectivity index (χ2v) is 5.68. The van der Waals surface area contributed by atoms with Crippen LogP contribution in [0.4, 0.5) is 0 Å². The lowest BCUT2D eigenvalue weighted by molar-refractivity contribution is -0.139. The predicted molar refractivity (Wildman–Crippen MR) is 87.2 cm³/mol. The first-order chi connectivity index (χ1) is 10.9. The first-order valence-corrected chi connectivity index (χ1v) is 7.39. The Morgan fingerprint density at radius 2 is 1.78 bits per heavy atom. The Hall–Kier alpha value is -2.24. The van der Waals surface area contributed by atoms with Gasteiger partial charge in [-0.05, 0) is 17.7 Å². The number of carboxylic acid groups (broad SMARTS) is 1. The molecule has 2 aromatic rings. The molecule has 2 aromatic carbocycles. The summed E-state index contributed by atoms with van der Waals surface area (Å²) in [6.07, 6.45) is 0.108. The summed E-state index contributed by atoms with van der Waals surface area (Å²) >= 11 is 11.6. The Bertz CT molecular complexity index is 734. The fourth-order valence-electron chi connectivity index (χ4n) is 2.02. The summed E-state index contributed by atoms with van der Waals surface area (Å²) in [4.78, 5) is 23.6. The second kappa shape index (κ2) is 7.35. The third kappa shape index (κ3) is 4.37. The highest BCUT2D eigenvalue weighted by Gasteiger charge is 2.23. The van der Waals surface area contributed by atoms with E-state index in [2.05, 4.69) is 5.32 Å². The SMILES string of the molecule is O=C(NC(Cc1ccccc1)C(=O)O)c1cc(Cl)cc(Cl)c1O. The molecule has 120 valence electrons. The average molecular weight is 354 g/mol. The van der Waals surface area contributed by atoms with Crippen LogP contribution in [0.15, 0.2) is 42.5 Å². The molecule has 23 heavy (non-hydrogen) atoms. The number of aliphatic carboxylic acids is 1. The minimum absolute atomic E-state index is 0.0856. The van der Waals surface area contributed by atoms with Crippen LogP contribution >= 0.6 is 23.2 Å². The van der Waals surface area contributed by atoms with Crippen molar-refractivity contribution in [1.82, 2.24) is 5.32 Å². The number of carboxylic acids is 1. The maximum Gasteiger partial charge on any atom is 0.326 e. The van der Waals surface area contributed by atoms with Gasteiger partial charge in [0.15, 0.2) is 0 Å². The van der Waals surface area contributed by atoms with Crippen molar-refractivity contribution in [2.75, 3.05) is 0 Å². The number of hydrogen-bond acceptors (Lipinski definition) is 3. The summed E-state index contributed by atoms with van der Waals surface area (Å²) in [5, 5.41) is 21.5. The third-order valence-corrected chi connectivity index (χ3v) is 3.67. The Kier molecular flexibility index (Phi) is 5.47. The molecule has 1 amide bonds. The van der Waals surface area contributed by atoms with Gasteiger partial charge in [0.2, 0.25) is 0 Å². The largest absolute Gasteiger partial charge is 0.506 e. The quantitative estimate of drug-likeness (QED) is 0.770. The molecule has 0 aliphatic carbocycles. The molecular formula is C16H13Cl2NO4. The fourth-order valence-corrected chi connectivity index (χ4v) is 2.52. The number of rotatable bonds is 5. The van der Waals surface area contributed by atoms with E-state index in [1.807, 2.05) is 6.07 Å². The van der Waals surface area contributed by atoms with Crippen molar-refractivity contribution in [3.63, 3.8) is 0 Å². The summed E-state index contributed by atoms with van der Waals surface area (Å²) in [5.41, 5.74) is 0.579. The standard InChI is InChI=1S/C16H13Cl2NO4/c17-10-7-11(14(20)12(18)8-10)15(21)19-13(16(22)23)6-9-4-2-1-3-5-9/h1-5,7-8,13,20H,6H2,(H,19,21)(H,22,23). The topological polar surface area (TPSA) is 86.6 Å². The van der Waals surface area contributed by atoms with Crippen LogP contribution in [-0.4, -0.2) is 28.1 Å². The number of benzene rings is 2. The van der Waals surface area contributed by atoms with Crippen molar-refractivity contribution >= 4 is 35.1 Å². The molecule has 0 aromatic heterocycles. The van der Waals surface area contributed by atoms with E-state index in [4.69, 9.17) is 23.2 Å². The molecule has 0 aliphatic heterocycles. The number of aromatic hydroxyl groups is 1. The normalized spacial score (nSPS) is 11.7. The van der Waals surface area contributed by atoms with Crippen molar-refractivity contribution in [2.24, 2.45) is 0 Å². The average Bonchev–Trinajstić information content (AvgIpc) is 2.51. The summed E-state index contributed by atoms with van der Waals surface area (Å²) in [6.45, 7) is 0. The fraction of sp³-hybridized carbons (Fsp3) is 0.125. The lowest BCUT2D eigenvalue weighted by atomic mass is 10.1. The molecule has 0 aliphatic rings. The summed E-state index contributed by atoms with van der Waals surface area (Å²) in [7, 11) is 0. The van der Waals surface area contributed by atoms with E-state index in [9.17, 15) is 19.8 Å². The second-order valence-electron chi connectivity index (χ2n) is 4.84. The lowest BCUT2D eigenvalue weighted by Gasteiger charge is -2.15. The van der Waals surface area contributed by atoms with Gasteiger partial charge in [-0.2, -0.15) is 0 Å². The monoisotopic (exact) mass is 353 g/mol. The molecule has 0 bridgehead atoms. The summed E-state index contributed by atoms with van der Waals surface area (Å²) in [6, 6.07) is 10.2. The molecule has 2 rings (SSSR count). The van der Waals surface area contributed by atoms with Gasteiger partial charge in [0.25, 0.3) is 5.91 Å². The van der Waals surface area contributed by atoms with Crippen LogP contribution in [0.25, 0.3) is 0 Å². The number of carbonyl (C=O) groups excluding carboxylic acids is 1. The highest BCUT2D eigenvalue weighted by molar-refractivity contribution is 6.36. The highest BCUT2D eigenvalue weighted by atomic mass is 35.5. The van der Waals surface area contributed by atoms with Crippen LogP contribution < -0.4 is 5.32 Å². The van der Waals surface area contributed by atoms with E-state index in [-0.39, 0.29) is 22.0 Å². The number of carbonyl (C=O) groups is 2. The molecule has 7 heteroatoms. The molecule has 0 saturated carbocycles. The van der Waals surface area contributed by atoms with Crippen LogP contribution in [0.1, 0.15) is 15.9 Å². The number of hydrogen-bond donors (Lipinski definition) is 3.